The molecule has 0 heterocycles. The summed E-state index contributed by atoms with van der Waals surface area (Å²) in [5.74, 6) is -7.29. The van der Waals surface area contributed by atoms with Gasteiger partial charge < -0.3 is 5.11 Å². The minimum Gasteiger partial charge on any atom is -0.364 e. The van der Waals surface area contributed by atoms with Crippen LogP contribution < -0.4 is 0 Å². The second kappa shape index (κ2) is 3.91. The second-order valence-electron chi connectivity index (χ2n) is 2.60. The molecule has 6 heteroatoms. The number of rotatable bonds is 2. The Morgan fingerprint density at radius 1 is 1.07 bits per heavy atom. The molecule has 0 fully saturated rings. The maximum absolute atomic E-state index is 12.7. The van der Waals surface area contributed by atoms with Crippen LogP contribution in [-0.2, 0) is 6.42 Å². The van der Waals surface area contributed by atoms with Crippen molar-refractivity contribution in [2.45, 2.75) is 12.8 Å². The summed E-state index contributed by atoms with van der Waals surface area (Å²) in [5.41, 5.74) is -0.753. The van der Waals surface area contributed by atoms with E-state index in [0.717, 1.165) is 0 Å². The van der Waals surface area contributed by atoms with Gasteiger partial charge in [-0.1, -0.05) is 0 Å². The van der Waals surface area contributed by atoms with Crippen LogP contribution in [0.15, 0.2) is 6.07 Å². The Morgan fingerprint density at radius 2 is 1.64 bits per heavy atom. The van der Waals surface area contributed by atoms with Crippen molar-refractivity contribution < 1.29 is 27.1 Å². The number of hydrogen-bond donors (Lipinski definition) is 1. The number of alkyl halides is 1. The smallest absolute Gasteiger partial charge is 0.200 e. The van der Waals surface area contributed by atoms with Crippen molar-refractivity contribution in [2.24, 2.45) is 0 Å². The molecule has 1 atom stereocenters. The van der Waals surface area contributed by atoms with E-state index in [1.165, 1.54) is 0 Å². The molecule has 0 saturated heterocycles. The van der Waals surface area contributed by atoms with E-state index in [4.69, 9.17) is 5.11 Å². The fourth-order valence-electron chi connectivity index (χ4n) is 0.952. The molecule has 1 aromatic carbocycles. The lowest BCUT2D eigenvalue weighted by molar-refractivity contribution is 0.0419. The lowest BCUT2D eigenvalue weighted by Gasteiger charge is -2.05. The summed E-state index contributed by atoms with van der Waals surface area (Å²) in [5, 5.41) is 8.21. The Bertz CT molecular complexity index is 350. The molecule has 0 aliphatic rings. The van der Waals surface area contributed by atoms with Crippen molar-refractivity contribution in [1.82, 2.24) is 0 Å². The minimum atomic E-state index is -2.45. The van der Waals surface area contributed by atoms with E-state index in [-0.39, 0.29) is 0 Å². The normalized spacial score (nSPS) is 13.0. The summed E-state index contributed by atoms with van der Waals surface area (Å²) in [7, 11) is 0. The van der Waals surface area contributed by atoms with Crippen LogP contribution in [0.2, 0.25) is 0 Å². The third-order valence-electron chi connectivity index (χ3n) is 1.57. The van der Waals surface area contributed by atoms with Gasteiger partial charge in [-0.15, -0.1) is 0 Å². The Morgan fingerprint density at radius 3 is 2.14 bits per heavy atom. The van der Waals surface area contributed by atoms with Crippen LogP contribution in [0.3, 0.4) is 0 Å². The van der Waals surface area contributed by atoms with Crippen LogP contribution in [0, 0.1) is 23.3 Å². The predicted octanol–water partition coefficient (Wildman–Crippen LogP) is 2.07. The third kappa shape index (κ3) is 2.01. The van der Waals surface area contributed by atoms with Gasteiger partial charge in [0, 0.05) is 6.42 Å². The largest absolute Gasteiger partial charge is 0.364 e. The van der Waals surface area contributed by atoms with E-state index in [1.807, 2.05) is 0 Å². The monoisotopic (exact) mass is 212 g/mol. The molecule has 1 N–H and O–H groups in total. The van der Waals surface area contributed by atoms with Crippen molar-refractivity contribution in [2.75, 3.05) is 0 Å². The maximum atomic E-state index is 12.7. The molecule has 0 amide bonds. The summed E-state index contributed by atoms with van der Waals surface area (Å²) in [6, 6.07) is 0.302. The highest BCUT2D eigenvalue weighted by Crippen LogP contribution is 2.19. The first-order valence-corrected chi connectivity index (χ1v) is 3.57. The number of halogens is 5. The maximum Gasteiger partial charge on any atom is 0.200 e. The number of hydrogen-bond acceptors (Lipinski definition) is 1. The molecule has 1 unspecified atom stereocenters. The van der Waals surface area contributed by atoms with E-state index in [9.17, 15) is 22.0 Å². The van der Waals surface area contributed by atoms with Crippen LogP contribution >= 0.6 is 0 Å². The van der Waals surface area contributed by atoms with Crippen molar-refractivity contribution in [3.8, 4) is 0 Å². The average molecular weight is 212 g/mol. The molecule has 1 nitrogen and oxygen atoms in total. The summed E-state index contributed by atoms with van der Waals surface area (Å²) >= 11 is 0. The Balaban J connectivity index is 3.19. The quantitative estimate of drug-likeness (QED) is 0.452. The molecule has 0 aliphatic heterocycles. The first-order chi connectivity index (χ1) is 6.43. The topological polar surface area (TPSA) is 20.2 Å². The third-order valence-corrected chi connectivity index (χ3v) is 1.57. The fraction of sp³-hybridized carbons (Fsp3) is 0.250. The summed E-state index contributed by atoms with van der Waals surface area (Å²) in [6.07, 6.45) is -3.38. The van der Waals surface area contributed by atoms with Gasteiger partial charge >= 0.3 is 0 Å². The predicted molar refractivity (Wildman–Crippen MR) is 37.1 cm³/mol. The SMILES string of the molecule is OC(F)Cc1cc(F)c(F)c(F)c1F. The van der Waals surface area contributed by atoms with Crippen molar-refractivity contribution in [3.63, 3.8) is 0 Å². The van der Waals surface area contributed by atoms with E-state index < -0.39 is 41.6 Å². The van der Waals surface area contributed by atoms with Crippen molar-refractivity contribution in [3.05, 3.63) is 34.9 Å². The highest BCUT2D eigenvalue weighted by atomic mass is 19.2. The van der Waals surface area contributed by atoms with Gasteiger partial charge in [0.1, 0.15) is 0 Å². The van der Waals surface area contributed by atoms with Gasteiger partial charge in [-0.3, -0.25) is 0 Å². The van der Waals surface area contributed by atoms with Gasteiger partial charge in [-0.2, -0.15) is 0 Å². The van der Waals surface area contributed by atoms with Crippen molar-refractivity contribution in [1.29, 1.82) is 0 Å². The molecule has 0 spiro atoms. The zero-order chi connectivity index (χ0) is 10.9. The van der Waals surface area contributed by atoms with Crippen LogP contribution in [0.25, 0.3) is 0 Å². The Labute approximate surface area is 75.8 Å². The van der Waals surface area contributed by atoms with Gasteiger partial charge in [0.05, 0.1) is 0 Å². The van der Waals surface area contributed by atoms with Gasteiger partial charge in [0.25, 0.3) is 0 Å². The van der Waals surface area contributed by atoms with Crippen LogP contribution in [0.5, 0.6) is 0 Å². The summed E-state index contributed by atoms with van der Waals surface area (Å²) < 4.78 is 62.1. The van der Waals surface area contributed by atoms with Gasteiger partial charge in [0.15, 0.2) is 23.3 Å². The summed E-state index contributed by atoms with van der Waals surface area (Å²) in [6.45, 7) is 0. The first-order valence-electron chi connectivity index (χ1n) is 3.57. The number of aliphatic hydroxyl groups excluding tert-OH is 1. The second-order valence-corrected chi connectivity index (χ2v) is 2.60. The van der Waals surface area contributed by atoms with E-state index in [0.29, 0.717) is 6.07 Å². The minimum absolute atomic E-state index is 0.302. The van der Waals surface area contributed by atoms with E-state index >= 15 is 0 Å². The Kier molecular flexibility index (Phi) is 3.05. The van der Waals surface area contributed by atoms with Gasteiger partial charge in [-0.05, 0) is 11.6 Å². The molecule has 0 bridgehead atoms. The molecular weight excluding hydrogens is 207 g/mol. The van der Waals surface area contributed by atoms with Crippen LogP contribution in [0.1, 0.15) is 5.56 Å². The summed E-state index contributed by atoms with van der Waals surface area (Å²) in [4.78, 5) is 0. The highest BCUT2D eigenvalue weighted by molar-refractivity contribution is 5.22. The Hall–Kier alpha value is -1.17. The van der Waals surface area contributed by atoms with Gasteiger partial charge in [-0.25, -0.2) is 22.0 Å². The lowest BCUT2D eigenvalue weighted by atomic mass is 10.1. The molecule has 1 rings (SSSR count). The number of benzene rings is 1. The van der Waals surface area contributed by atoms with Crippen LogP contribution in [-0.4, -0.2) is 11.5 Å². The fourth-order valence-corrected chi connectivity index (χ4v) is 0.952. The number of aliphatic hydroxyl groups is 1. The average Bonchev–Trinajstić information content (AvgIpc) is 2.10. The molecule has 14 heavy (non-hydrogen) atoms. The zero-order valence-electron chi connectivity index (χ0n) is 6.70. The van der Waals surface area contributed by atoms with Gasteiger partial charge in [0.2, 0.25) is 6.36 Å². The van der Waals surface area contributed by atoms with E-state index in [2.05, 4.69) is 0 Å². The van der Waals surface area contributed by atoms with Crippen LogP contribution in [0.4, 0.5) is 22.0 Å². The molecule has 78 valence electrons. The lowest BCUT2D eigenvalue weighted by Crippen LogP contribution is -2.08. The molecule has 1 aromatic rings. The first kappa shape index (κ1) is 10.9. The zero-order valence-corrected chi connectivity index (χ0v) is 6.70. The molecule has 0 saturated carbocycles. The van der Waals surface area contributed by atoms with Crippen molar-refractivity contribution >= 4 is 0 Å². The molecule has 0 aromatic heterocycles. The molecular formula is C8H5F5O. The molecule has 0 radical (unpaired) electrons. The standard InChI is InChI=1S/C8H5F5O/c9-4-1-3(2-5(10)14)6(11)8(13)7(4)12/h1,5,14H,2H2. The van der Waals surface area contributed by atoms with E-state index in [1.54, 1.807) is 0 Å². The highest BCUT2D eigenvalue weighted by Gasteiger charge is 2.20. The molecule has 0 aliphatic carbocycles.